The van der Waals surface area contributed by atoms with Crippen molar-refractivity contribution in [1.82, 2.24) is 4.90 Å². The number of amides is 2. The van der Waals surface area contributed by atoms with Gasteiger partial charge in [-0.15, -0.1) is 0 Å². The molecule has 1 heterocycles. The van der Waals surface area contributed by atoms with Crippen LogP contribution in [0.3, 0.4) is 0 Å². The molecule has 0 aliphatic carbocycles. The van der Waals surface area contributed by atoms with Crippen molar-refractivity contribution in [2.24, 2.45) is 5.92 Å². The molecule has 0 bridgehead atoms. The minimum absolute atomic E-state index is 0.0142. The first-order valence-electron chi connectivity index (χ1n) is 5.49. The lowest BCUT2D eigenvalue weighted by Crippen LogP contribution is -2.33. The van der Waals surface area contributed by atoms with Crippen LogP contribution in [0.4, 0.5) is 0 Å². The number of fused-ring (bicyclic) bond motifs is 1. The van der Waals surface area contributed by atoms with E-state index in [1.165, 1.54) is 0 Å². The quantitative estimate of drug-likeness (QED) is 0.450. The Balaban J connectivity index is 2.66. The maximum atomic E-state index is 12.2. The monoisotopic (exact) mass is 339 g/mol. The van der Waals surface area contributed by atoms with Crippen LogP contribution < -0.4 is 0 Å². The Labute approximate surface area is 130 Å². The van der Waals surface area contributed by atoms with E-state index in [1.54, 1.807) is 0 Å². The Bertz CT molecular complexity index is 551. The lowest BCUT2D eigenvalue weighted by atomic mass is 10.1. The van der Waals surface area contributed by atoms with Gasteiger partial charge in [-0.2, -0.15) is 0 Å². The zero-order valence-electron chi connectivity index (χ0n) is 10.1. The summed E-state index contributed by atoms with van der Waals surface area (Å²) in [4.78, 5) is 25.6. The van der Waals surface area contributed by atoms with Gasteiger partial charge in [0.15, 0.2) is 0 Å². The molecule has 3 nitrogen and oxygen atoms in total. The van der Waals surface area contributed by atoms with Crippen molar-refractivity contribution in [2.75, 3.05) is 6.54 Å². The van der Waals surface area contributed by atoms with E-state index in [1.807, 2.05) is 13.8 Å². The zero-order chi connectivity index (χ0) is 14.5. The maximum Gasteiger partial charge on any atom is 0.263 e. The number of nitrogens with zero attached hydrogens (tertiary/aromatic N) is 1. The lowest BCUT2D eigenvalue weighted by Gasteiger charge is -2.15. The normalized spacial score (nSPS) is 14.6. The predicted molar refractivity (Wildman–Crippen MR) is 76.7 cm³/mol. The van der Waals surface area contributed by atoms with E-state index >= 15 is 0 Å². The van der Waals surface area contributed by atoms with Gasteiger partial charge in [-0.05, 0) is 5.92 Å². The molecule has 1 aromatic rings. The Kier molecular flexibility index (Phi) is 4.03. The summed E-state index contributed by atoms with van der Waals surface area (Å²) >= 11 is 23.8. The fourth-order valence-corrected chi connectivity index (χ4v) is 2.94. The van der Waals surface area contributed by atoms with Crippen LogP contribution in [-0.4, -0.2) is 23.3 Å². The molecule has 0 saturated carbocycles. The highest BCUT2D eigenvalue weighted by Crippen LogP contribution is 2.44. The maximum absolute atomic E-state index is 12.2. The van der Waals surface area contributed by atoms with Crippen LogP contribution in [-0.2, 0) is 0 Å². The topological polar surface area (TPSA) is 37.4 Å². The highest BCUT2D eigenvalue weighted by Gasteiger charge is 2.41. The number of hydrogen-bond acceptors (Lipinski definition) is 2. The minimum atomic E-state index is -0.487. The standard InChI is InChI=1S/C12H9Cl4NO2/c1-4(2)3-17-11(18)5-6(12(17)19)8(14)10(16)9(15)7(5)13/h4H,3H2,1-2H3. The van der Waals surface area contributed by atoms with Crippen molar-refractivity contribution < 1.29 is 9.59 Å². The predicted octanol–water partition coefficient (Wildman–Crippen LogP) is 4.55. The first-order valence-corrected chi connectivity index (χ1v) is 7.00. The van der Waals surface area contributed by atoms with E-state index in [-0.39, 0.29) is 43.7 Å². The van der Waals surface area contributed by atoms with Gasteiger partial charge in [0.2, 0.25) is 0 Å². The van der Waals surface area contributed by atoms with E-state index in [0.29, 0.717) is 0 Å². The Morgan fingerprint density at radius 3 is 1.53 bits per heavy atom. The summed E-state index contributed by atoms with van der Waals surface area (Å²) < 4.78 is 0. The van der Waals surface area contributed by atoms with Crippen LogP contribution in [0.25, 0.3) is 0 Å². The molecule has 0 saturated heterocycles. The highest BCUT2D eigenvalue weighted by atomic mass is 35.5. The Hall–Kier alpha value is -0.480. The van der Waals surface area contributed by atoms with Crippen molar-refractivity contribution in [3.05, 3.63) is 31.2 Å². The van der Waals surface area contributed by atoms with Gasteiger partial charge in [0, 0.05) is 6.54 Å². The number of benzene rings is 1. The number of rotatable bonds is 2. The van der Waals surface area contributed by atoms with E-state index < -0.39 is 11.8 Å². The largest absolute Gasteiger partial charge is 0.274 e. The number of carbonyl (C=O) groups excluding carboxylic acids is 2. The van der Waals surface area contributed by atoms with Crippen molar-refractivity contribution >= 4 is 58.2 Å². The number of imide groups is 1. The summed E-state index contributed by atoms with van der Waals surface area (Å²) in [5.41, 5.74) is 0.0680. The van der Waals surface area contributed by atoms with Gasteiger partial charge >= 0.3 is 0 Å². The van der Waals surface area contributed by atoms with Gasteiger partial charge < -0.3 is 0 Å². The van der Waals surface area contributed by atoms with Crippen LogP contribution >= 0.6 is 46.4 Å². The summed E-state index contributed by atoms with van der Waals surface area (Å²) in [6.07, 6.45) is 0. The smallest absolute Gasteiger partial charge is 0.263 e. The van der Waals surface area contributed by atoms with Gasteiger partial charge in [0.25, 0.3) is 11.8 Å². The number of hydrogen-bond donors (Lipinski definition) is 0. The lowest BCUT2D eigenvalue weighted by molar-refractivity contribution is 0.0636. The fraction of sp³-hybridized carbons (Fsp3) is 0.333. The summed E-state index contributed by atoms with van der Waals surface area (Å²) in [6, 6.07) is 0. The molecular weight excluding hydrogens is 332 g/mol. The molecule has 0 radical (unpaired) electrons. The van der Waals surface area contributed by atoms with Gasteiger partial charge in [0.05, 0.1) is 31.2 Å². The third kappa shape index (κ3) is 2.23. The Morgan fingerprint density at radius 2 is 1.21 bits per heavy atom. The van der Waals surface area contributed by atoms with Crippen LogP contribution in [0.1, 0.15) is 34.6 Å². The fourth-order valence-electron chi connectivity index (χ4n) is 1.93. The molecular formula is C12H9Cl4NO2. The molecule has 0 spiro atoms. The van der Waals surface area contributed by atoms with Crippen molar-refractivity contribution in [2.45, 2.75) is 13.8 Å². The Morgan fingerprint density at radius 1 is 0.842 bits per heavy atom. The van der Waals surface area contributed by atoms with E-state index in [9.17, 15) is 9.59 Å². The van der Waals surface area contributed by atoms with Crippen LogP contribution in [0.15, 0.2) is 0 Å². The molecule has 19 heavy (non-hydrogen) atoms. The second-order valence-corrected chi connectivity index (χ2v) is 6.13. The van der Waals surface area contributed by atoms with Crippen LogP contribution in [0.2, 0.25) is 20.1 Å². The first-order chi connectivity index (χ1) is 8.77. The average Bonchev–Trinajstić information content (AvgIpc) is 2.58. The molecule has 0 aromatic heterocycles. The SMILES string of the molecule is CC(C)CN1C(=O)c2c(Cl)c(Cl)c(Cl)c(Cl)c2C1=O. The molecule has 0 fully saturated rings. The molecule has 102 valence electrons. The molecule has 0 N–H and O–H groups in total. The van der Waals surface area contributed by atoms with Crippen molar-refractivity contribution in [1.29, 1.82) is 0 Å². The van der Waals surface area contributed by atoms with Crippen molar-refractivity contribution in [3.63, 3.8) is 0 Å². The second kappa shape index (κ2) is 5.13. The highest BCUT2D eigenvalue weighted by molar-refractivity contribution is 6.55. The van der Waals surface area contributed by atoms with Gasteiger partial charge in [0.1, 0.15) is 0 Å². The van der Waals surface area contributed by atoms with Crippen LogP contribution in [0, 0.1) is 5.92 Å². The second-order valence-electron chi connectivity index (χ2n) is 4.62. The molecule has 0 atom stereocenters. The molecule has 1 aliphatic heterocycles. The first kappa shape index (κ1) is 14.9. The molecule has 1 aliphatic rings. The number of carbonyl (C=O) groups is 2. The third-order valence-corrected chi connectivity index (χ3v) is 4.53. The zero-order valence-corrected chi connectivity index (χ0v) is 13.1. The van der Waals surface area contributed by atoms with Gasteiger partial charge in [-0.1, -0.05) is 60.3 Å². The third-order valence-electron chi connectivity index (χ3n) is 2.73. The molecule has 2 rings (SSSR count). The summed E-state index contributed by atoms with van der Waals surface area (Å²) in [7, 11) is 0. The van der Waals surface area contributed by atoms with Gasteiger partial charge in [-0.25, -0.2) is 0 Å². The van der Waals surface area contributed by atoms with E-state index in [2.05, 4.69) is 0 Å². The van der Waals surface area contributed by atoms with E-state index in [0.717, 1.165) is 4.90 Å². The molecule has 7 heteroatoms. The van der Waals surface area contributed by atoms with Gasteiger partial charge in [-0.3, -0.25) is 14.5 Å². The van der Waals surface area contributed by atoms with E-state index in [4.69, 9.17) is 46.4 Å². The summed E-state index contributed by atoms with van der Waals surface area (Å²) in [6.45, 7) is 4.08. The molecule has 1 aromatic carbocycles. The summed E-state index contributed by atoms with van der Waals surface area (Å²) in [5.74, 6) is -0.843. The minimum Gasteiger partial charge on any atom is -0.274 e. The van der Waals surface area contributed by atoms with Crippen molar-refractivity contribution in [3.8, 4) is 0 Å². The van der Waals surface area contributed by atoms with Crippen LogP contribution in [0.5, 0.6) is 0 Å². The molecule has 2 amide bonds. The average molecular weight is 341 g/mol. The summed E-state index contributed by atoms with van der Waals surface area (Å²) in [5, 5.41) is -0.0920. The number of halogens is 4. The molecule has 0 unspecified atom stereocenters.